The Balaban J connectivity index is 2.00. The van der Waals surface area contributed by atoms with Crippen molar-refractivity contribution in [3.8, 4) is 0 Å². The zero-order chi connectivity index (χ0) is 13.4. The number of hydrogen-bond donors (Lipinski definition) is 2. The molecular formula is C14H14N4O. The Labute approximate surface area is 110 Å². The highest BCUT2D eigenvalue weighted by Crippen LogP contribution is 2.21. The highest BCUT2D eigenvalue weighted by atomic mass is 16.1. The normalized spacial score (nSPS) is 10.8. The van der Waals surface area contributed by atoms with Crippen LogP contribution in [0.3, 0.4) is 0 Å². The molecule has 0 saturated carbocycles. The summed E-state index contributed by atoms with van der Waals surface area (Å²) in [6.45, 7) is 1.87. The fraction of sp³-hybridized carbons (Fsp3) is 0.143. The molecule has 0 bridgehead atoms. The summed E-state index contributed by atoms with van der Waals surface area (Å²) < 4.78 is 2.00. The van der Waals surface area contributed by atoms with Gasteiger partial charge in [0.1, 0.15) is 0 Å². The Hall–Kier alpha value is -2.56. The van der Waals surface area contributed by atoms with Crippen molar-refractivity contribution in [3.63, 3.8) is 0 Å². The van der Waals surface area contributed by atoms with Crippen molar-refractivity contribution < 1.29 is 4.79 Å². The molecule has 0 spiro atoms. The molecule has 1 amide bonds. The lowest BCUT2D eigenvalue weighted by atomic mass is 10.1. The molecule has 19 heavy (non-hydrogen) atoms. The molecule has 0 fully saturated rings. The van der Waals surface area contributed by atoms with E-state index in [-0.39, 0.29) is 5.91 Å². The average molecular weight is 254 g/mol. The summed E-state index contributed by atoms with van der Waals surface area (Å²) in [4.78, 5) is 12.3. The van der Waals surface area contributed by atoms with Gasteiger partial charge in [-0.25, -0.2) is 0 Å². The molecule has 2 aromatic heterocycles. The molecule has 0 atom stereocenters. The minimum absolute atomic E-state index is 0.124. The molecule has 96 valence electrons. The molecule has 1 aromatic carbocycles. The van der Waals surface area contributed by atoms with Gasteiger partial charge in [0.25, 0.3) is 5.91 Å². The number of H-pyrrole nitrogens is 1. The van der Waals surface area contributed by atoms with Crippen LogP contribution in [0, 0.1) is 6.92 Å². The number of carbonyl (C=O) groups excluding carboxylic acids is 1. The Morgan fingerprint density at radius 1 is 1.37 bits per heavy atom. The van der Waals surface area contributed by atoms with E-state index in [0.717, 1.165) is 16.6 Å². The van der Waals surface area contributed by atoms with Gasteiger partial charge < -0.3 is 9.88 Å². The first-order valence-electron chi connectivity index (χ1n) is 6.02. The van der Waals surface area contributed by atoms with Crippen LogP contribution in [0.5, 0.6) is 0 Å². The summed E-state index contributed by atoms with van der Waals surface area (Å²) in [5.41, 5.74) is 3.25. The van der Waals surface area contributed by atoms with E-state index in [0.29, 0.717) is 11.3 Å². The second-order valence-corrected chi connectivity index (χ2v) is 4.53. The van der Waals surface area contributed by atoms with Crippen LogP contribution in [0.1, 0.15) is 16.1 Å². The van der Waals surface area contributed by atoms with Crippen molar-refractivity contribution in [2.75, 3.05) is 5.32 Å². The van der Waals surface area contributed by atoms with Crippen molar-refractivity contribution in [3.05, 3.63) is 47.9 Å². The second kappa shape index (κ2) is 4.28. The number of benzene rings is 1. The van der Waals surface area contributed by atoms with Gasteiger partial charge in [0, 0.05) is 29.7 Å². The number of aromatic nitrogens is 3. The lowest BCUT2D eigenvalue weighted by Crippen LogP contribution is -2.12. The summed E-state index contributed by atoms with van der Waals surface area (Å²) in [7, 11) is 1.96. The van der Waals surface area contributed by atoms with E-state index in [1.165, 1.54) is 0 Å². The van der Waals surface area contributed by atoms with Crippen molar-refractivity contribution >= 4 is 22.5 Å². The number of anilines is 1. The van der Waals surface area contributed by atoms with Gasteiger partial charge in [0.2, 0.25) is 0 Å². The zero-order valence-corrected chi connectivity index (χ0v) is 10.8. The van der Waals surface area contributed by atoms with E-state index in [1.54, 1.807) is 6.20 Å². The molecule has 5 heteroatoms. The smallest absolute Gasteiger partial charge is 0.256 e. The Morgan fingerprint density at radius 2 is 2.21 bits per heavy atom. The third kappa shape index (κ3) is 1.89. The number of amides is 1. The van der Waals surface area contributed by atoms with Gasteiger partial charge >= 0.3 is 0 Å². The third-order valence-corrected chi connectivity index (χ3v) is 3.25. The minimum atomic E-state index is -0.124. The fourth-order valence-corrected chi connectivity index (χ4v) is 2.17. The van der Waals surface area contributed by atoms with Gasteiger partial charge in [0.15, 0.2) is 0 Å². The molecule has 0 aliphatic carbocycles. The molecule has 2 heterocycles. The van der Waals surface area contributed by atoms with Gasteiger partial charge in [-0.2, -0.15) is 5.10 Å². The molecule has 0 saturated heterocycles. The largest absolute Gasteiger partial charge is 0.351 e. The number of nitrogens with one attached hydrogen (secondary N) is 2. The summed E-state index contributed by atoms with van der Waals surface area (Å²) in [6, 6.07) is 7.66. The standard InChI is InChI=1S/C14H14N4O/c1-9-12(8-15-17-9)16-14(19)11-4-3-5-13-10(11)6-7-18(13)2/h3-8H,1-2H3,(H,15,17)(H,16,19). The maximum absolute atomic E-state index is 12.3. The van der Waals surface area contributed by atoms with Crippen molar-refractivity contribution in [1.82, 2.24) is 14.8 Å². The summed E-state index contributed by atoms with van der Waals surface area (Å²) >= 11 is 0. The lowest BCUT2D eigenvalue weighted by Gasteiger charge is -2.05. The van der Waals surface area contributed by atoms with E-state index in [4.69, 9.17) is 0 Å². The fourth-order valence-electron chi connectivity index (χ4n) is 2.17. The van der Waals surface area contributed by atoms with Crippen LogP contribution >= 0.6 is 0 Å². The van der Waals surface area contributed by atoms with Gasteiger partial charge in [-0.05, 0) is 25.1 Å². The Kier molecular flexibility index (Phi) is 2.59. The van der Waals surface area contributed by atoms with Gasteiger partial charge in [0.05, 0.1) is 17.6 Å². The molecule has 0 unspecified atom stereocenters. The SMILES string of the molecule is Cc1[nH]ncc1NC(=O)c1cccc2c1ccn2C. The number of fused-ring (bicyclic) bond motifs is 1. The second-order valence-electron chi connectivity index (χ2n) is 4.53. The monoisotopic (exact) mass is 254 g/mol. The molecule has 2 N–H and O–H groups in total. The van der Waals surface area contributed by atoms with Crippen molar-refractivity contribution in [2.24, 2.45) is 7.05 Å². The predicted octanol–water partition coefficient (Wildman–Crippen LogP) is 2.46. The highest BCUT2D eigenvalue weighted by molar-refractivity contribution is 6.12. The molecular weight excluding hydrogens is 240 g/mol. The van der Waals surface area contributed by atoms with E-state index < -0.39 is 0 Å². The summed E-state index contributed by atoms with van der Waals surface area (Å²) in [6.07, 6.45) is 3.56. The van der Waals surface area contributed by atoms with Gasteiger partial charge in [-0.15, -0.1) is 0 Å². The number of rotatable bonds is 2. The topological polar surface area (TPSA) is 62.7 Å². The first-order chi connectivity index (χ1) is 9.16. The summed E-state index contributed by atoms with van der Waals surface area (Å²) in [5, 5.41) is 10.5. The number of nitrogens with zero attached hydrogens (tertiary/aromatic N) is 2. The van der Waals surface area contributed by atoms with Crippen molar-refractivity contribution in [2.45, 2.75) is 6.92 Å². The van der Waals surface area contributed by atoms with Crippen molar-refractivity contribution in [1.29, 1.82) is 0 Å². The third-order valence-electron chi connectivity index (χ3n) is 3.25. The minimum Gasteiger partial charge on any atom is -0.351 e. The first-order valence-corrected chi connectivity index (χ1v) is 6.02. The van der Waals surface area contributed by atoms with E-state index in [9.17, 15) is 4.79 Å². The Morgan fingerprint density at radius 3 is 2.95 bits per heavy atom. The molecule has 3 aromatic rings. The van der Waals surface area contributed by atoms with Crippen LogP contribution in [0.25, 0.3) is 10.9 Å². The van der Waals surface area contributed by atoms with E-state index in [1.807, 2.05) is 49.0 Å². The number of aromatic amines is 1. The molecule has 3 rings (SSSR count). The van der Waals surface area contributed by atoms with E-state index in [2.05, 4.69) is 15.5 Å². The average Bonchev–Trinajstić information content (AvgIpc) is 2.97. The zero-order valence-electron chi connectivity index (χ0n) is 10.8. The number of carbonyl (C=O) groups is 1. The number of hydrogen-bond acceptors (Lipinski definition) is 2. The maximum atomic E-state index is 12.3. The molecule has 5 nitrogen and oxygen atoms in total. The predicted molar refractivity (Wildman–Crippen MR) is 74.2 cm³/mol. The Bertz CT molecular complexity index is 754. The van der Waals surface area contributed by atoms with Crippen LogP contribution in [-0.4, -0.2) is 20.7 Å². The van der Waals surface area contributed by atoms with Crippen LogP contribution in [0.15, 0.2) is 36.7 Å². The lowest BCUT2D eigenvalue weighted by molar-refractivity contribution is 0.102. The first kappa shape index (κ1) is 11.5. The van der Waals surface area contributed by atoms with Gasteiger partial charge in [-0.1, -0.05) is 6.07 Å². The highest BCUT2D eigenvalue weighted by Gasteiger charge is 2.13. The number of aryl methyl sites for hydroxylation is 2. The van der Waals surface area contributed by atoms with Gasteiger partial charge in [-0.3, -0.25) is 9.89 Å². The molecule has 0 aliphatic heterocycles. The van der Waals surface area contributed by atoms with Crippen LogP contribution < -0.4 is 5.32 Å². The molecule has 0 aliphatic rings. The van der Waals surface area contributed by atoms with Crippen LogP contribution in [0.4, 0.5) is 5.69 Å². The summed E-state index contributed by atoms with van der Waals surface area (Å²) in [5.74, 6) is -0.124. The maximum Gasteiger partial charge on any atom is 0.256 e. The van der Waals surface area contributed by atoms with Crippen LogP contribution in [-0.2, 0) is 7.05 Å². The van der Waals surface area contributed by atoms with Crippen LogP contribution in [0.2, 0.25) is 0 Å². The quantitative estimate of drug-likeness (QED) is 0.738. The molecule has 0 radical (unpaired) electrons. The van der Waals surface area contributed by atoms with E-state index >= 15 is 0 Å².